The summed E-state index contributed by atoms with van der Waals surface area (Å²) in [4.78, 5) is 29.5. The maximum atomic E-state index is 12.6. The number of ether oxygens (including phenoxy) is 2. The van der Waals surface area contributed by atoms with Crippen molar-refractivity contribution < 1.29 is 14.3 Å². The number of fused-ring (bicyclic) bond motifs is 1. The highest BCUT2D eigenvalue weighted by molar-refractivity contribution is 7.10. The topological polar surface area (TPSA) is 86.0 Å². The van der Waals surface area contributed by atoms with E-state index in [0.29, 0.717) is 39.7 Å². The van der Waals surface area contributed by atoms with Gasteiger partial charge in [0.05, 0.1) is 13.3 Å². The van der Waals surface area contributed by atoms with Gasteiger partial charge in [-0.2, -0.15) is 0 Å². The number of aromatic amines is 1. The van der Waals surface area contributed by atoms with Gasteiger partial charge in [-0.3, -0.25) is 9.80 Å². The van der Waals surface area contributed by atoms with Gasteiger partial charge >= 0.3 is 5.97 Å². The largest absolute Gasteiger partial charge is 0.465 e. The van der Waals surface area contributed by atoms with Gasteiger partial charge in [0.25, 0.3) is 0 Å². The smallest absolute Gasteiger partial charge is 0.341 e. The fourth-order valence-electron chi connectivity index (χ4n) is 8.53. The Hall–Kier alpha value is -3.44. The molecule has 4 fully saturated rings. The number of nitrogens with zero attached hydrogens (tertiary/aromatic N) is 4. The number of pyridine rings is 1. The molecule has 1 aliphatic carbocycles. The van der Waals surface area contributed by atoms with E-state index in [4.69, 9.17) is 9.47 Å². The summed E-state index contributed by atoms with van der Waals surface area (Å²) in [6.45, 7) is 16.0. The molecule has 4 aromatic rings. The van der Waals surface area contributed by atoms with Gasteiger partial charge in [-0.1, -0.05) is 13.8 Å². The van der Waals surface area contributed by atoms with E-state index in [1.807, 2.05) is 47.9 Å². The molecule has 0 amide bonds. The predicted octanol–water partition coefficient (Wildman–Crippen LogP) is 6.34. The standard InChI is InChI=1S/C38H48N6O3S/c1-37(2)8-6-28(32(17-37)34-14-26(21-48-34)19-43-24-38(25-43)22-39-23-38)20-42-10-12-44(13-11-42)29-4-5-31(36(45)46-3)33(16-29)47-30-15-27-7-9-40-35(27)41-18-30/h4-5,7,9,14-16,18,21,28,32,39H,6,8,10-13,17,19-20,22-25H2,1-3H3,(H,40,41). The molecule has 1 spiro atoms. The van der Waals surface area contributed by atoms with Crippen LogP contribution in [0.3, 0.4) is 0 Å². The quantitative estimate of drug-likeness (QED) is 0.200. The van der Waals surface area contributed by atoms with Crippen molar-refractivity contribution in [3.63, 3.8) is 0 Å². The van der Waals surface area contributed by atoms with Crippen molar-refractivity contribution in [1.82, 2.24) is 25.1 Å². The zero-order valence-electron chi connectivity index (χ0n) is 28.5. The number of methoxy groups -OCH3 is 1. The molecule has 9 nitrogen and oxygen atoms in total. The summed E-state index contributed by atoms with van der Waals surface area (Å²) in [6.07, 6.45) is 7.41. The first kappa shape index (κ1) is 31.8. The van der Waals surface area contributed by atoms with Crippen molar-refractivity contribution in [2.24, 2.45) is 16.7 Å². The van der Waals surface area contributed by atoms with Crippen LogP contribution < -0.4 is 15.0 Å². The number of carbonyl (C=O) groups is 1. The van der Waals surface area contributed by atoms with Crippen LogP contribution in [0.15, 0.2) is 54.2 Å². The van der Waals surface area contributed by atoms with Crippen molar-refractivity contribution in [1.29, 1.82) is 0 Å². The normalized spacial score (nSPS) is 23.9. The number of thiophene rings is 1. The monoisotopic (exact) mass is 668 g/mol. The van der Waals surface area contributed by atoms with Gasteiger partial charge in [-0.15, -0.1) is 11.3 Å². The number of anilines is 1. The van der Waals surface area contributed by atoms with Gasteiger partial charge in [-0.25, -0.2) is 9.78 Å². The molecular formula is C38H48N6O3S. The van der Waals surface area contributed by atoms with E-state index in [1.165, 1.54) is 58.1 Å². The Labute approximate surface area is 287 Å². The first-order valence-electron chi connectivity index (χ1n) is 17.6. The third kappa shape index (κ3) is 6.47. The highest BCUT2D eigenvalue weighted by atomic mass is 32.1. The van der Waals surface area contributed by atoms with Crippen molar-refractivity contribution in [2.45, 2.75) is 45.6 Å². The minimum Gasteiger partial charge on any atom is -0.465 e. The molecule has 4 aliphatic rings. The van der Waals surface area contributed by atoms with Gasteiger partial charge < -0.3 is 24.7 Å². The lowest BCUT2D eigenvalue weighted by Crippen LogP contribution is -2.70. The van der Waals surface area contributed by atoms with Crippen molar-refractivity contribution >= 4 is 34.0 Å². The van der Waals surface area contributed by atoms with Crippen LogP contribution in [0.5, 0.6) is 11.5 Å². The zero-order valence-corrected chi connectivity index (χ0v) is 29.3. The average molecular weight is 669 g/mol. The molecule has 3 aromatic heterocycles. The SMILES string of the molecule is COC(=O)c1ccc(N2CCN(CC3CCC(C)(C)CC3c3cc(CN4CC5(CNC5)C4)cs3)CC2)cc1Oc1cnc2[nH]ccc2c1. The second-order valence-electron chi connectivity index (χ2n) is 15.5. The number of piperazine rings is 1. The lowest BCUT2D eigenvalue weighted by molar-refractivity contribution is -0.0444. The summed E-state index contributed by atoms with van der Waals surface area (Å²) in [5.41, 5.74) is 4.74. The molecule has 8 rings (SSSR count). The Kier molecular flexibility index (Phi) is 8.47. The van der Waals surface area contributed by atoms with E-state index < -0.39 is 5.97 Å². The van der Waals surface area contributed by atoms with Crippen LogP contribution in [-0.4, -0.2) is 91.7 Å². The van der Waals surface area contributed by atoms with Gasteiger partial charge in [0.15, 0.2) is 0 Å². The van der Waals surface area contributed by atoms with Crippen LogP contribution in [0.1, 0.15) is 59.8 Å². The fraction of sp³-hybridized carbons (Fsp3) is 0.526. The Bertz CT molecular complexity index is 1760. The number of hydrogen-bond acceptors (Lipinski definition) is 9. The van der Waals surface area contributed by atoms with Crippen molar-refractivity contribution in [3.8, 4) is 11.5 Å². The van der Waals surface area contributed by atoms with Crippen LogP contribution in [0.4, 0.5) is 5.69 Å². The molecule has 3 saturated heterocycles. The lowest BCUT2D eigenvalue weighted by atomic mass is 9.66. The number of benzene rings is 1. The third-order valence-electron chi connectivity index (χ3n) is 11.3. The fourth-order valence-corrected chi connectivity index (χ4v) is 9.63. The Morgan fingerprint density at radius 3 is 2.67 bits per heavy atom. The minimum atomic E-state index is -0.416. The van der Waals surface area contributed by atoms with Crippen LogP contribution in [0.2, 0.25) is 0 Å². The third-order valence-corrected chi connectivity index (χ3v) is 12.4. The van der Waals surface area contributed by atoms with E-state index >= 15 is 0 Å². The summed E-state index contributed by atoms with van der Waals surface area (Å²) in [7, 11) is 1.40. The highest BCUT2D eigenvalue weighted by Crippen LogP contribution is 2.49. The average Bonchev–Trinajstić information content (AvgIpc) is 3.72. The number of hydrogen-bond donors (Lipinski definition) is 2. The van der Waals surface area contributed by atoms with Crippen molar-refractivity contribution in [2.75, 3.05) is 70.9 Å². The molecule has 1 saturated carbocycles. The summed E-state index contributed by atoms with van der Waals surface area (Å²) in [5, 5.41) is 6.85. The number of H-pyrrole nitrogens is 1. The molecule has 2 atom stereocenters. The second-order valence-corrected chi connectivity index (χ2v) is 16.5. The molecule has 2 N–H and O–H groups in total. The molecule has 1 aromatic carbocycles. The highest BCUT2D eigenvalue weighted by Gasteiger charge is 2.47. The van der Waals surface area contributed by atoms with E-state index in [2.05, 4.69) is 55.3 Å². The molecule has 48 heavy (non-hydrogen) atoms. The molecule has 0 radical (unpaired) electrons. The minimum absolute atomic E-state index is 0.394. The summed E-state index contributed by atoms with van der Waals surface area (Å²) >= 11 is 2.01. The molecule has 0 bridgehead atoms. The number of aromatic nitrogens is 2. The maximum absolute atomic E-state index is 12.6. The molecule has 10 heteroatoms. The number of nitrogens with one attached hydrogen (secondary N) is 2. The van der Waals surface area contributed by atoms with Crippen LogP contribution in [-0.2, 0) is 11.3 Å². The van der Waals surface area contributed by atoms with Gasteiger partial charge in [0.2, 0.25) is 0 Å². The molecular weight excluding hydrogens is 621 g/mol. The van der Waals surface area contributed by atoms with E-state index in [0.717, 1.165) is 56.0 Å². The van der Waals surface area contributed by atoms with E-state index in [9.17, 15) is 4.79 Å². The summed E-state index contributed by atoms with van der Waals surface area (Å²) in [6, 6.07) is 12.2. The molecule has 6 heterocycles. The molecule has 3 aliphatic heterocycles. The predicted molar refractivity (Wildman–Crippen MR) is 191 cm³/mol. The van der Waals surface area contributed by atoms with Crippen LogP contribution in [0, 0.1) is 16.7 Å². The number of rotatable bonds is 9. The molecule has 2 unspecified atom stereocenters. The van der Waals surface area contributed by atoms with E-state index in [1.54, 1.807) is 11.1 Å². The van der Waals surface area contributed by atoms with Crippen LogP contribution >= 0.6 is 11.3 Å². The Morgan fingerprint density at radius 1 is 1.06 bits per heavy atom. The number of carbonyl (C=O) groups excluding carboxylic acids is 1. The maximum Gasteiger partial charge on any atom is 0.341 e. The lowest BCUT2D eigenvalue weighted by Gasteiger charge is -2.56. The summed E-state index contributed by atoms with van der Waals surface area (Å²) < 4.78 is 11.3. The zero-order chi connectivity index (χ0) is 32.9. The Morgan fingerprint density at radius 2 is 1.90 bits per heavy atom. The summed E-state index contributed by atoms with van der Waals surface area (Å²) in [5.74, 6) is 1.97. The Balaban J connectivity index is 0.915. The number of esters is 1. The molecule has 254 valence electrons. The first-order valence-corrected chi connectivity index (χ1v) is 18.4. The second kappa shape index (κ2) is 12.8. The van der Waals surface area contributed by atoms with Gasteiger partial charge in [0, 0.05) is 99.1 Å². The van der Waals surface area contributed by atoms with Gasteiger partial charge in [0.1, 0.15) is 22.7 Å². The van der Waals surface area contributed by atoms with Gasteiger partial charge in [-0.05, 0) is 77.8 Å². The van der Waals surface area contributed by atoms with E-state index in [-0.39, 0.29) is 0 Å². The first-order chi connectivity index (χ1) is 23.2. The van der Waals surface area contributed by atoms with Crippen molar-refractivity contribution in [3.05, 3.63) is 70.2 Å². The number of likely N-dealkylation sites (tertiary alicyclic amines) is 1. The van der Waals surface area contributed by atoms with Crippen LogP contribution in [0.25, 0.3) is 11.0 Å².